The number of likely N-dealkylation sites (N-methyl/N-ethyl adjacent to an activating group) is 1. The zero-order valence-corrected chi connectivity index (χ0v) is 9.81. The third-order valence-electron chi connectivity index (χ3n) is 3.26. The van der Waals surface area contributed by atoms with Crippen LogP contribution in [0.2, 0.25) is 0 Å². The molecule has 3 nitrogen and oxygen atoms in total. The minimum absolute atomic E-state index is 0.377. The van der Waals surface area contributed by atoms with Crippen LogP contribution in [0.3, 0.4) is 0 Å². The van der Waals surface area contributed by atoms with Crippen LogP contribution in [0.25, 0.3) is 0 Å². The summed E-state index contributed by atoms with van der Waals surface area (Å²) < 4.78 is 5.08. The first-order chi connectivity index (χ1) is 6.72. The molecule has 1 atom stereocenters. The SMILES string of the molecule is CCC1(CN(C)CCOC)CCCN1. The van der Waals surface area contributed by atoms with E-state index in [-0.39, 0.29) is 0 Å². The maximum absolute atomic E-state index is 5.08. The quantitative estimate of drug-likeness (QED) is 0.695. The van der Waals surface area contributed by atoms with E-state index < -0.39 is 0 Å². The Labute approximate surface area is 87.8 Å². The molecule has 1 N–H and O–H groups in total. The van der Waals surface area contributed by atoms with Crippen LogP contribution in [0, 0.1) is 0 Å². The number of ether oxygens (including phenoxy) is 1. The molecule has 0 radical (unpaired) electrons. The Balaban J connectivity index is 2.32. The molecule has 1 aliphatic rings. The lowest BCUT2D eigenvalue weighted by molar-refractivity contribution is 0.141. The van der Waals surface area contributed by atoms with Crippen molar-refractivity contribution in [2.75, 3.05) is 40.4 Å². The van der Waals surface area contributed by atoms with Crippen molar-refractivity contribution in [1.82, 2.24) is 10.2 Å². The molecule has 0 bridgehead atoms. The van der Waals surface area contributed by atoms with E-state index in [1.807, 2.05) is 0 Å². The minimum Gasteiger partial charge on any atom is -0.383 e. The number of hydrogen-bond acceptors (Lipinski definition) is 3. The second kappa shape index (κ2) is 5.69. The van der Waals surface area contributed by atoms with E-state index in [1.54, 1.807) is 7.11 Å². The van der Waals surface area contributed by atoms with Gasteiger partial charge in [-0.05, 0) is 32.9 Å². The van der Waals surface area contributed by atoms with Crippen molar-refractivity contribution >= 4 is 0 Å². The standard InChI is InChI=1S/C11H24N2O/c1-4-11(6-5-7-12-11)10-13(2)8-9-14-3/h12H,4-10H2,1-3H3. The van der Waals surface area contributed by atoms with Crippen LogP contribution in [0.1, 0.15) is 26.2 Å². The normalized spacial score (nSPS) is 27.4. The molecule has 0 aromatic heterocycles. The van der Waals surface area contributed by atoms with Crippen LogP contribution in [0.15, 0.2) is 0 Å². The summed E-state index contributed by atoms with van der Waals surface area (Å²) in [6.45, 7) is 6.47. The average Bonchev–Trinajstić information content (AvgIpc) is 2.64. The summed E-state index contributed by atoms with van der Waals surface area (Å²) in [6.07, 6.45) is 3.87. The second-order valence-electron chi connectivity index (χ2n) is 4.39. The summed E-state index contributed by atoms with van der Waals surface area (Å²) >= 11 is 0. The smallest absolute Gasteiger partial charge is 0.0589 e. The molecule has 14 heavy (non-hydrogen) atoms. The van der Waals surface area contributed by atoms with Gasteiger partial charge in [-0.1, -0.05) is 6.92 Å². The van der Waals surface area contributed by atoms with Gasteiger partial charge in [0.05, 0.1) is 6.61 Å². The predicted octanol–water partition coefficient (Wildman–Crippen LogP) is 1.10. The molecule has 1 fully saturated rings. The van der Waals surface area contributed by atoms with Crippen molar-refractivity contribution in [2.24, 2.45) is 0 Å². The molecule has 1 rings (SSSR count). The van der Waals surface area contributed by atoms with Crippen LogP contribution < -0.4 is 5.32 Å². The first-order valence-corrected chi connectivity index (χ1v) is 5.65. The van der Waals surface area contributed by atoms with Crippen molar-refractivity contribution in [1.29, 1.82) is 0 Å². The number of methoxy groups -OCH3 is 1. The van der Waals surface area contributed by atoms with E-state index in [0.29, 0.717) is 5.54 Å². The highest BCUT2D eigenvalue weighted by Gasteiger charge is 2.32. The van der Waals surface area contributed by atoms with E-state index in [9.17, 15) is 0 Å². The molecule has 0 spiro atoms. The largest absolute Gasteiger partial charge is 0.383 e. The van der Waals surface area contributed by atoms with Crippen LogP contribution >= 0.6 is 0 Å². The van der Waals surface area contributed by atoms with Crippen molar-refractivity contribution in [3.05, 3.63) is 0 Å². The Hall–Kier alpha value is -0.120. The molecule has 0 aromatic rings. The molecule has 0 amide bonds. The first kappa shape index (κ1) is 12.0. The summed E-state index contributed by atoms with van der Waals surface area (Å²) in [4.78, 5) is 2.37. The van der Waals surface area contributed by atoms with Crippen LogP contribution in [0.4, 0.5) is 0 Å². The summed E-state index contributed by atoms with van der Waals surface area (Å²) in [5, 5.41) is 3.64. The molecule has 1 saturated heterocycles. The van der Waals surface area contributed by atoms with E-state index >= 15 is 0 Å². The third-order valence-corrected chi connectivity index (χ3v) is 3.26. The van der Waals surface area contributed by atoms with Crippen LogP contribution in [-0.2, 0) is 4.74 Å². The highest BCUT2D eigenvalue weighted by atomic mass is 16.5. The number of nitrogens with zero attached hydrogens (tertiary/aromatic N) is 1. The van der Waals surface area contributed by atoms with Crippen molar-refractivity contribution in [2.45, 2.75) is 31.7 Å². The van der Waals surface area contributed by atoms with Gasteiger partial charge in [-0.25, -0.2) is 0 Å². The number of hydrogen-bond donors (Lipinski definition) is 1. The lowest BCUT2D eigenvalue weighted by Gasteiger charge is -2.33. The van der Waals surface area contributed by atoms with Crippen LogP contribution in [0.5, 0.6) is 0 Å². The Morgan fingerprint density at radius 3 is 2.79 bits per heavy atom. The molecule has 3 heteroatoms. The van der Waals surface area contributed by atoms with Crippen molar-refractivity contribution < 1.29 is 4.74 Å². The van der Waals surface area contributed by atoms with Crippen LogP contribution in [-0.4, -0.2) is 50.8 Å². The van der Waals surface area contributed by atoms with Gasteiger partial charge in [0.1, 0.15) is 0 Å². The first-order valence-electron chi connectivity index (χ1n) is 5.65. The Bertz CT molecular complexity index is 155. The van der Waals surface area contributed by atoms with Gasteiger partial charge < -0.3 is 15.0 Å². The fraction of sp³-hybridized carbons (Fsp3) is 1.00. The Kier molecular flexibility index (Phi) is 4.85. The molecular weight excluding hydrogens is 176 g/mol. The summed E-state index contributed by atoms with van der Waals surface area (Å²) in [5.74, 6) is 0. The zero-order valence-electron chi connectivity index (χ0n) is 9.81. The van der Waals surface area contributed by atoms with Crippen molar-refractivity contribution in [3.63, 3.8) is 0 Å². The molecule has 0 saturated carbocycles. The highest BCUT2D eigenvalue weighted by molar-refractivity contribution is 4.93. The highest BCUT2D eigenvalue weighted by Crippen LogP contribution is 2.23. The topological polar surface area (TPSA) is 24.5 Å². The average molecular weight is 200 g/mol. The minimum atomic E-state index is 0.377. The molecule has 1 aliphatic heterocycles. The van der Waals surface area contributed by atoms with Gasteiger partial charge in [0.15, 0.2) is 0 Å². The molecule has 84 valence electrons. The molecule has 1 heterocycles. The van der Waals surface area contributed by atoms with Gasteiger partial charge >= 0.3 is 0 Å². The fourth-order valence-corrected chi connectivity index (χ4v) is 2.26. The summed E-state index contributed by atoms with van der Waals surface area (Å²) in [7, 11) is 3.94. The van der Waals surface area contributed by atoms with Gasteiger partial charge in [-0.2, -0.15) is 0 Å². The van der Waals surface area contributed by atoms with Gasteiger partial charge in [0, 0.05) is 25.7 Å². The monoisotopic (exact) mass is 200 g/mol. The fourth-order valence-electron chi connectivity index (χ4n) is 2.26. The number of rotatable bonds is 6. The molecule has 0 aromatic carbocycles. The van der Waals surface area contributed by atoms with E-state index in [0.717, 1.165) is 19.7 Å². The van der Waals surface area contributed by atoms with E-state index in [2.05, 4.69) is 24.2 Å². The lowest BCUT2D eigenvalue weighted by Crippen LogP contribution is -2.49. The van der Waals surface area contributed by atoms with E-state index in [4.69, 9.17) is 4.74 Å². The Morgan fingerprint density at radius 1 is 1.50 bits per heavy atom. The third kappa shape index (κ3) is 3.23. The summed E-state index contributed by atoms with van der Waals surface area (Å²) in [6, 6.07) is 0. The molecule has 0 aliphatic carbocycles. The maximum Gasteiger partial charge on any atom is 0.0589 e. The van der Waals surface area contributed by atoms with Gasteiger partial charge in [0.2, 0.25) is 0 Å². The van der Waals surface area contributed by atoms with E-state index in [1.165, 1.54) is 25.8 Å². The number of nitrogens with one attached hydrogen (secondary N) is 1. The Morgan fingerprint density at radius 2 is 2.29 bits per heavy atom. The van der Waals surface area contributed by atoms with Gasteiger partial charge in [-0.3, -0.25) is 0 Å². The summed E-state index contributed by atoms with van der Waals surface area (Å²) in [5.41, 5.74) is 0.377. The van der Waals surface area contributed by atoms with Gasteiger partial charge in [0.25, 0.3) is 0 Å². The predicted molar refractivity (Wildman–Crippen MR) is 59.6 cm³/mol. The maximum atomic E-state index is 5.08. The molecular formula is C11H24N2O. The van der Waals surface area contributed by atoms with Crippen molar-refractivity contribution in [3.8, 4) is 0 Å². The lowest BCUT2D eigenvalue weighted by atomic mass is 9.94. The van der Waals surface area contributed by atoms with Gasteiger partial charge in [-0.15, -0.1) is 0 Å². The molecule has 1 unspecified atom stereocenters. The zero-order chi connectivity index (χ0) is 10.4. The second-order valence-corrected chi connectivity index (χ2v) is 4.39.